The first-order valence-electron chi connectivity index (χ1n) is 9.11. The molecule has 7 heteroatoms. The first kappa shape index (κ1) is 19.8. The number of anilines is 1. The van der Waals surface area contributed by atoms with Crippen molar-refractivity contribution in [2.24, 2.45) is 5.92 Å². The minimum Gasteiger partial charge on any atom is -0.352 e. The van der Waals surface area contributed by atoms with Crippen molar-refractivity contribution in [3.8, 4) is 0 Å². The molecule has 0 aliphatic carbocycles. The summed E-state index contributed by atoms with van der Waals surface area (Å²) in [5.74, 6) is 0.190. The molecule has 0 aliphatic heterocycles. The van der Waals surface area contributed by atoms with Crippen LogP contribution in [0, 0.1) is 5.92 Å². The highest BCUT2D eigenvalue weighted by Gasteiger charge is 2.18. The fraction of sp³-hybridized carbons (Fsp3) is 0.238. The van der Waals surface area contributed by atoms with Gasteiger partial charge in [0, 0.05) is 23.7 Å². The van der Waals surface area contributed by atoms with E-state index in [1.807, 2.05) is 12.1 Å². The molecule has 2 N–H and O–H groups in total. The third kappa shape index (κ3) is 4.67. The molecule has 0 radical (unpaired) electrons. The molecule has 1 aromatic heterocycles. The van der Waals surface area contributed by atoms with Crippen LogP contribution in [-0.2, 0) is 10.0 Å². The third-order valence-electron chi connectivity index (χ3n) is 4.29. The smallest absolute Gasteiger partial charge is 0.261 e. The van der Waals surface area contributed by atoms with Crippen molar-refractivity contribution in [3.05, 3.63) is 66.4 Å². The second-order valence-corrected chi connectivity index (χ2v) is 8.63. The molecular formula is C21H23N3O3S. The van der Waals surface area contributed by atoms with Crippen LogP contribution in [0.25, 0.3) is 10.9 Å². The summed E-state index contributed by atoms with van der Waals surface area (Å²) in [4.78, 5) is 16.6. The molecule has 0 saturated heterocycles. The molecule has 1 amide bonds. The van der Waals surface area contributed by atoms with Crippen LogP contribution >= 0.6 is 0 Å². The molecule has 3 rings (SSSR count). The maximum absolute atomic E-state index is 12.9. The van der Waals surface area contributed by atoms with E-state index >= 15 is 0 Å². The maximum atomic E-state index is 12.9. The van der Waals surface area contributed by atoms with Gasteiger partial charge in [-0.2, -0.15) is 0 Å². The molecule has 0 bridgehead atoms. The lowest BCUT2D eigenvalue weighted by molar-refractivity contribution is 0.0952. The molecule has 0 saturated carbocycles. The van der Waals surface area contributed by atoms with Gasteiger partial charge in [-0.1, -0.05) is 38.1 Å². The predicted octanol–water partition coefficient (Wildman–Crippen LogP) is 3.81. The molecule has 0 aliphatic rings. The molecule has 0 spiro atoms. The zero-order valence-electron chi connectivity index (χ0n) is 15.8. The Morgan fingerprint density at radius 1 is 1.07 bits per heavy atom. The summed E-state index contributed by atoms with van der Waals surface area (Å²) < 4.78 is 28.3. The van der Waals surface area contributed by atoms with E-state index < -0.39 is 10.0 Å². The number of aromatic nitrogens is 1. The van der Waals surface area contributed by atoms with Crippen molar-refractivity contribution >= 4 is 32.5 Å². The van der Waals surface area contributed by atoms with E-state index in [1.165, 1.54) is 12.1 Å². The summed E-state index contributed by atoms with van der Waals surface area (Å²) in [6.45, 7) is 4.70. The monoisotopic (exact) mass is 397 g/mol. The Labute approximate surface area is 165 Å². The van der Waals surface area contributed by atoms with Gasteiger partial charge in [-0.15, -0.1) is 0 Å². The number of hydrogen-bond acceptors (Lipinski definition) is 4. The fourth-order valence-electron chi connectivity index (χ4n) is 2.77. The van der Waals surface area contributed by atoms with Crippen LogP contribution in [0.1, 0.15) is 30.6 Å². The molecule has 0 unspecified atom stereocenters. The molecule has 1 heterocycles. The number of nitrogens with zero attached hydrogens (tertiary/aromatic N) is 1. The van der Waals surface area contributed by atoms with Gasteiger partial charge >= 0.3 is 0 Å². The molecule has 146 valence electrons. The van der Waals surface area contributed by atoms with Gasteiger partial charge in [0.1, 0.15) is 0 Å². The number of sulfonamides is 1. The summed E-state index contributed by atoms with van der Waals surface area (Å²) in [6.07, 6.45) is 2.47. The Bertz CT molecular complexity index is 1090. The van der Waals surface area contributed by atoms with Crippen molar-refractivity contribution in [1.29, 1.82) is 0 Å². The average Bonchev–Trinajstić information content (AvgIpc) is 2.68. The first-order chi connectivity index (χ1) is 13.4. The Hall–Kier alpha value is -2.93. The highest BCUT2D eigenvalue weighted by Crippen LogP contribution is 2.24. The van der Waals surface area contributed by atoms with E-state index in [9.17, 15) is 13.2 Å². The van der Waals surface area contributed by atoms with Gasteiger partial charge in [0.05, 0.1) is 16.1 Å². The van der Waals surface area contributed by atoms with Crippen molar-refractivity contribution < 1.29 is 13.2 Å². The summed E-state index contributed by atoms with van der Waals surface area (Å²) in [5, 5.41) is 3.65. The number of benzene rings is 2. The lowest BCUT2D eigenvalue weighted by atomic mass is 10.1. The second kappa shape index (κ2) is 8.39. The molecule has 3 aromatic rings. The number of hydrogen-bond donors (Lipinski definition) is 2. The van der Waals surface area contributed by atoms with Gasteiger partial charge in [0.25, 0.3) is 15.9 Å². The molecule has 0 fully saturated rings. The quantitative estimate of drug-likeness (QED) is 0.634. The van der Waals surface area contributed by atoms with Crippen LogP contribution in [0.5, 0.6) is 0 Å². The average molecular weight is 398 g/mol. The summed E-state index contributed by atoms with van der Waals surface area (Å²) in [6, 6.07) is 15.0. The normalized spacial score (nSPS) is 11.5. The zero-order valence-corrected chi connectivity index (χ0v) is 16.7. The van der Waals surface area contributed by atoms with Crippen molar-refractivity contribution in [2.45, 2.75) is 25.2 Å². The number of carbonyl (C=O) groups excluding carboxylic acids is 1. The van der Waals surface area contributed by atoms with Crippen LogP contribution in [-0.4, -0.2) is 25.9 Å². The number of nitrogens with one attached hydrogen (secondary N) is 2. The predicted molar refractivity (Wildman–Crippen MR) is 111 cm³/mol. The topological polar surface area (TPSA) is 88.2 Å². The van der Waals surface area contributed by atoms with Crippen LogP contribution in [0.4, 0.5) is 5.69 Å². The van der Waals surface area contributed by atoms with E-state index in [-0.39, 0.29) is 10.8 Å². The van der Waals surface area contributed by atoms with Gasteiger partial charge in [-0.05, 0) is 42.7 Å². The molecule has 6 nitrogen and oxygen atoms in total. The van der Waals surface area contributed by atoms with Crippen LogP contribution < -0.4 is 10.0 Å². The van der Waals surface area contributed by atoms with Crippen molar-refractivity contribution in [1.82, 2.24) is 10.3 Å². The fourth-order valence-corrected chi connectivity index (χ4v) is 3.88. The zero-order chi connectivity index (χ0) is 20.1. The first-order valence-corrected chi connectivity index (χ1v) is 10.6. The summed E-state index contributed by atoms with van der Waals surface area (Å²) in [7, 11) is -3.86. The van der Waals surface area contributed by atoms with Gasteiger partial charge < -0.3 is 5.32 Å². The molecule has 28 heavy (non-hydrogen) atoms. The van der Waals surface area contributed by atoms with E-state index in [2.05, 4.69) is 28.9 Å². The number of fused-ring (bicyclic) bond motifs is 1. The Balaban J connectivity index is 1.83. The van der Waals surface area contributed by atoms with E-state index in [4.69, 9.17) is 0 Å². The molecular weight excluding hydrogens is 374 g/mol. The Morgan fingerprint density at radius 2 is 1.82 bits per heavy atom. The second-order valence-electron chi connectivity index (χ2n) is 6.95. The summed E-state index contributed by atoms with van der Waals surface area (Å²) >= 11 is 0. The number of pyridine rings is 1. The van der Waals surface area contributed by atoms with Crippen LogP contribution in [0.15, 0.2) is 65.7 Å². The van der Waals surface area contributed by atoms with Gasteiger partial charge in [-0.3, -0.25) is 14.5 Å². The van der Waals surface area contributed by atoms with Crippen LogP contribution in [0.2, 0.25) is 0 Å². The lowest BCUT2D eigenvalue weighted by Crippen LogP contribution is -2.25. The van der Waals surface area contributed by atoms with Gasteiger partial charge in [-0.25, -0.2) is 8.42 Å². The number of carbonyl (C=O) groups is 1. The number of para-hydroxylation sites is 1. The van der Waals surface area contributed by atoms with Gasteiger partial charge in [0.2, 0.25) is 0 Å². The standard InChI is InChI=1S/C21H23N3O3S/c1-15(2)11-13-23-21(25)17-7-3-9-18(14-17)28(26,27)24-19-10-4-6-16-8-5-12-22-20(16)19/h3-10,12,14-15,24H,11,13H2,1-2H3,(H,23,25). The van der Waals surface area contributed by atoms with E-state index in [0.29, 0.717) is 29.2 Å². The largest absolute Gasteiger partial charge is 0.352 e. The van der Waals surface area contributed by atoms with E-state index in [1.54, 1.807) is 36.5 Å². The summed E-state index contributed by atoms with van der Waals surface area (Å²) in [5.41, 5.74) is 1.27. The molecule has 0 atom stereocenters. The SMILES string of the molecule is CC(C)CCNC(=O)c1cccc(S(=O)(=O)Nc2cccc3cccnc23)c1. The highest BCUT2D eigenvalue weighted by molar-refractivity contribution is 7.92. The third-order valence-corrected chi connectivity index (χ3v) is 5.65. The molecule has 2 aromatic carbocycles. The number of rotatable bonds is 7. The van der Waals surface area contributed by atoms with Crippen molar-refractivity contribution in [2.75, 3.05) is 11.3 Å². The number of amides is 1. The maximum Gasteiger partial charge on any atom is 0.261 e. The Morgan fingerprint density at radius 3 is 2.61 bits per heavy atom. The van der Waals surface area contributed by atoms with Gasteiger partial charge in [0.15, 0.2) is 0 Å². The van der Waals surface area contributed by atoms with E-state index in [0.717, 1.165) is 11.8 Å². The highest BCUT2D eigenvalue weighted by atomic mass is 32.2. The lowest BCUT2D eigenvalue weighted by Gasteiger charge is -2.11. The minimum absolute atomic E-state index is 0.0249. The Kier molecular flexibility index (Phi) is 5.94. The van der Waals surface area contributed by atoms with Crippen LogP contribution in [0.3, 0.4) is 0 Å². The van der Waals surface area contributed by atoms with Crippen molar-refractivity contribution in [3.63, 3.8) is 0 Å². The minimum atomic E-state index is -3.86.